The molecule has 0 aliphatic carbocycles. The summed E-state index contributed by atoms with van der Waals surface area (Å²) < 4.78 is 0. The van der Waals surface area contributed by atoms with Gasteiger partial charge in [0.15, 0.2) is 0 Å². The molecule has 2 heteroatoms. The van der Waals surface area contributed by atoms with Gasteiger partial charge in [-0.05, 0) is 24.5 Å². The van der Waals surface area contributed by atoms with Crippen LogP contribution in [0.25, 0.3) is 0 Å². The molecule has 0 amide bonds. The van der Waals surface area contributed by atoms with E-state index >= 15 is 0 Å². The smallest absolute Gasteiger partial charge is 0.335 e. The van der Waals surface area contributed by atoms with E-state index in [9.17, 15) is 4.79 Å². The summed E-state index contributed by atoms with van der Waals surface area (Å²) in [6.45, 7) is 2.20. The molecule has 1 aromatic rings. The van der Waals surface area contributed by atoms with Gasteiger partial charge >= 0.3 is 5.97 Å². The van der Waals surface area contributed by atoms with Gasteiger partial charge < -0.3 is 5.11 Å². The monoisotopic (exact) mass is 233 g/mol. The lowest BCUT2D eigenvalue weighted by molar-refractivity contribution is 0.0696. The molecule has 2 nitrogen and oxygen atoms in total. The zero-order chi connectivity index (χ0) is 12.5. The van der Waals surface area contributed by atoms with Crippen LogP contribution in [-0.2, 0) is 0 Å². The van der Waals surface area contributed by atoms with Crippen molar-refractivity contribution in [3.05, 3.63) is 41.8 Å². The van der Waals surface area contributed by atoms with E-state index in [1.807, 2.05) is 18.6 Å². The molecule has 0 spiro atoms. The average molecular weight is 233 g/mol. The molecule has 0 saturated carbocycles. The third-order valence-corrected chi connectivity index (χ3v) is 2.86. The second-order valence-electron chi connectivity index (χ2n) is 4.30. The van der Waals surface area contributed by atoms with Gasteiger partial charge in [0.2, 0.25) is 0 Å². The van der Waals surface area contributed by atoms with Gasteiger partial charge in [0, 0.05) is 0 Å². The van der Waals surface area contributed by atoms with E-state index in [1.54, 1.807) is 12.1 Å². The van der Waals surface area contributed by atoms with Crippen molar-refractivity contribution in [3.63, 3.8) is 0 Å². The van der Waals surface area contributed by atoms with E-state index < -0.39 is 5.97 Å². The Morgan fingerprint density at radius 1 is 1.18 bits per heavy atom. The van der Waals surface area contributed by atoms with Crippen molar-refractivity contribution in [2.45, 2.75) is 45.4 Å². The van der Waals surface area contributed by atoms with Crippen LogP contribution in [0.1, 0.15) is 61.4 Å². The zero-order valence-corrected chi connectivity index (χ0v) is 10.5. The van der Waals surface area contributed by atoms with Crippen LogP contribution >= 0.6 is 0 Å². The molecule has 1 aromatic carbocycles. The van der Waals surface area contributed by atoms with E-state index in [1.165, 1.54) is 25.7 Å². The van der Waals surface area contributed by atoms with Gasteiger partial charge in [0.05, 0.1) is 5.56 Å². The Morgan fingerprint density at radius 2 is 1.88 bits per heavy atom. The lowest BCUT2D eigenvalue weighted by atomic mass is 10.0. The van der Waals surface area contributed by atoms with Crippen molar-refractivity contribution in [3.8, 4) is 0 Å². The molecular weight excluding hydrogens is 212 g/mol. The third kappa shape index (κ3) is 5.03. The zero-order valence-electron chi connectivity index (χ0n) is 10.5. The number of hydrogen-bond acceptors (Lipinski definition) is 1. The molecule has 1 radical (unpaired) electrons. The maximum Gasteiger partial charge on any atom is 0.335 e. The van der Waals surface area contributed by atoms with Crippen LogP contribution in [0.2, 0.25) is 0 Å². The largest absolute Gasteiger partial charge is 0.478 e. The molecule has 0 saturated heterocycles. The van der Waals surface area contributed by atoms with Crippen LogP contribution < -0.4 is 0 Å². The van der Waals surface area contributed by atoms with Gasteiger partial charge in [-0.2, -0.15) is 0 Å². The molecule has 1 rings (SSSR count). The molecule has 0 heterocycles. The Balaban J connectivity index is 2.34. The summed E-state index contributed by atoms with van der Waals surface area (Å²) in [5, 5.41) is 9.02. The van der Waals surface area contributed by atoms with Gasteiger partial charge in [0.25, 0.3) is 0 Å². The van der Waals surface area contributed by atoms with Crippen molar-refractivity contribution in [1.82, 2.24) is 0 Å². The Kier molecular flexibility index (Phi) is 6.38. The van der Waals surface area contributed by atoms with Gasteiger partial charge in [0.1, 0.15) is 0 Å². The molecule has 17 heavy (non-hydrogen) atoms. The number of benzene rings is 1. The van der Waals surface area contributed by atoms with Crippen molar-refractivity contribution in [2.75, 3.05) is 0 Å². The first-order valence-electron chi connectivity index (χ1n) is 6.41. The highest BCUT2D eigenvalue weighted by Crippen LogP contribution is 2.15. The molecular formula is C15H21O2. The fourth-order valence-electron chi connectivity index (χ4n) is 1.88. The van der Waals surface area contributed by atoms with Crippen LogP contribution in [0.3, 0.4) is 0 Å². The summed E-state index contributed by atoms with van der Waals surface area (Å²) >= 11 is 0. The summed E-state index contributed by atoms with van der Waals surface area (Å²) in [4.78, 5) is 11.0. The summed E-state index contributed by atoms with van der Waals surface area (Å²) in [6, 6.07) is 7.18. The number of carboxylic acids is 1. The van der Waals surface area contributed by atoms with E-state index in [0.29, 0.717) is 5.56 Å². The highest BCUT2D eigenvalue weighted by atomic mass is 16.4. The Hall–Kier alpha value is -1.31. The summed E-state index contributed by atoms with van der Waals surface area (Å²) in [7, 11) is 0. The minimum Gasteiger partial charge on any atom is -0.478 e. The highest BCUT2D eigenvalue weighted by molar-refractivity contribution is 5.89. The van der Waals surface area contributed by atoms with Crippen LogP contribution in [0, 0.1) is 6.42 Å². The van der Waals surface area contributed by atoms with Gasteiger partial charge in [-0.1, -0.05) is 57.2 Å². The number of aromatic carboxylic acids is 1. The van der Waals surface area contributed by atoms with E-state index in [4.69, 9.17) is 5.11 Å². The SMILES string of the molecule is CCCCCCC[CH]c1ccccc1C(=O)O. The molecule has 0 aliphatic rings. The molecule has 1 N–H and O–H groups in total. The Morgan fingerprint density at radius 3 is 2.59 bits per heavy atom. The standard InChI is InChI=1S/C15H21O2/c1-2-3-4-5-6-7-10-13-11-8-9-12-14(13)15(16)17/h8-12H,2-7H2,1H3,(H,16,17). The van der Waals surface area contributed by atoms with Gasteiger partial charge in [-0.15, -0.1) is 0 Å². The first-order chi connectivity index (χ1) is 8.25. The topological polar surface area (TPSA) is 37.3 Å². The predicted molar refractivity (Wildman–Crippen MR) is 70.2 cm³/mol. The Bertz CT molecular complexity index is 345. The van der Waals surface area contributed by atoms with Crippen LogP contribution in [0.5, 0.6) is 0 Å². The normalized spacial score (nSPS) is 10.4. The van der Waals surface area contributed by atoms with Gasteiger partial charge in [-0.3, -0.25) is 0 Å². The number of carbonyl (C=O) groups is 1. The fraction of sp³-hybridized carbons (Fsp3) is 0.467. The highest BCUT2D eigenvalue weighted by Gasteiger charge is 2.08. The average Bonchev–Trinajstić information content (AvgIpc) is 2.34. The molecule has 0 fully saturated rings. The third-order valence-electron chi connectivity index (χ3n) is 2.86. The van der Waals surface area contributed by atoms with Crippen molar-refractivity contribution >= 4 is 5.97 Å². The second kappa shape index (κ2) is 7.88. The molecule has 0 atom stereocenters. The second-order valence-corrected chi connectivity index (χ2v) is 4.30. The van der Waals surface area contributed by atoms with Crippen LogP contribution in [0.4, 0.5) is 0 Å². The van der Waals surface area contributed by atoms with Crippen LogP contribution in [0.15, 0.2) is 24.3 Å². The van der Waals surface area contributed by atoms with Crippen molar-refractivity contribution in [1.29, 1.82) is 0 Å². The summed E-state index contributed by atoms with van der Waals surface area (Å²) in [5.41, 5.74) is 1.25. The minimum atomic E-state index is -0.845. The first-order valence-corrected chi connectivity index (χ1v) is 6.41. The molecule has 93 valence electrons. The lowest BCUT2D eigenvalue weighted by Crippen LogP contribution is -2.01. The molecule has 0 aromatic heterocycles. The number of carboxylic acid groups (broad SMARTS) is 1. The van der Waals surface area contributed by atoms with Crippen molar-refractivity contribution < 1.29 is 9.90 Å². The molecule has 0 aliphatic heterocycles. The number of rotatable bonds is 8. The van der Waals surface area contributed by atoms with Gasteiger partial charge in [-0.25, -0.2) is 4.79 Å². The minimum absolute atomic E-state index is 0.404. The maximum atomic E-state index is 11.0. The fourth-order valence-corrected chi connectivity index (χ4v) is 1.88. The van der Waals surface area contributed by atoms with Crippen LogP contribution in [-0.4, -0.2) is 11.1 Å². The first kappa shape index (κ1) is 13.8. The van der Waals surface area contributed by atoms with Crippen molar-refractivity contribution in [2.24, 2.45) is 0 Å². The number of hydrogen-bond donors (Lipinski definition) is 1. The molecule has 0 bridgehead atoms. The van der Waals surface area contributed by atoms with E-state index in [0.717, 1.165) is 18.4 Å². The quantitative estimate of drug-likeness (QED) is 0.680. The molecule has 0 unspecified atom stereocenters. The van der Waals surface area contributed by atoms with E-state index in [2.05, 4.69) is 6.92 Å². The predicted octanol–water partition coefficient (Wildman–Crippen LogP) is 4.30. The summed E-state index contributed by atoms with van der Waals surface area (Å²) in [6.07, 6.45) is 9.22. The lowest BCUT2D eigenvalue weighted by Gasteiger charge is -2.05. The Labute approximate surface area is 104 Å². The van der Waals surface area contributed by atoms with E-state index in [-0.39, 0.29) is 0 Å². The summed E-state index contributed by atoms with van der Waals surface area (Å²) in [5.74, 6) is -0.845. The number of unbranched alkanes of at least 4 members (excludes halogenated alkanes) is 5. The maximum absolute atomic E-state index is 11.0.